The number of hydrogen-bond donors (Lipinski definition) is 4. The average molecular weight is 1030 g/mol. The molecule has 18 nitrogen and oxygen atoms in total. The van der Waals surface area contributed by atoms with Gasteiger partial charge in [0.2, 0.25) is 0 Å². The first kappa shape index (κ1) is 56.5. The van der Waals surface area contributed by atoms with Crippen LogP contribution in [0.3, 0.4) is 0 Å². The van der Waals surface area contributed by atoms with Gasteiger partial charge < -0.3 is 53.7 Å². The van der Waals surface area contributed by atoms with Crippen molar-refractivity contribution < 1.29 is 53.0 Å². The highest BCUT2D eigenvalue weighted by molar-refractivity contribution is 6.21. The van der Waals surface area contributed by atoms with Crippen molar-refractivity contribution in [1.82, 2.24) is 35.1 Å². The number of H-pyrrole nitrogens is 1. The predicted octanol–water partition coefficient (Wildman–Crippen LogP) is 7.36. The number of amides is 2. The van der Waals surface area contributed by atoms with Crippen LogP contribution < -0.4 is 14.8 Å². The number of imide groups is 1. The second kappa shape index (κ2) is 29.2. The number of aliphatic hydroxyl groups excluding tert-OH is 2. The normalized spacial score (nSPS) is 13.3. The molecule has 0 atom stereocenters. The van der Waals surface area contributed by atoms with Crippen molar-refractivity contribution in [2.75, 3.05) is 113 Å². The van der Waals surface area contributed by atoms with Crippen LogP contribution in [0.1, 0.15) is 107 Å². The molecule has 0 saturated heterocycles. The lowest BCUT2D eigenvalue weighted by molar-refractivity contribution is 0.0175. The van der Waals surface area contributed by atoms with Crippen molar-refractivity contribution in [3.8, 4) is 11.5 Å². The summed E-state index contributed by atoms with van der Waals surface area (Å²) in [6.07, 6.45) is 7.63. The van der Waals surface area contributed by atoms with Gasteiger partial charge in [-0.3, -0.25) is 24.5 Å². The first-order valence-corrected chi connectivity index (χ1v) is 26.2. The number of carbonyl (C=O) groups is 2. The van der Waals surface area contributed by atoms with Crippen molar-refractivity contribution in [2.45, 2.75) is 66.2 Å². The van der Waals surface area contributed by atoms with Gasteiger partial charge in [-0.2, -0.15) is 0 Å². The molecule has 402 valence electrons. The molecule has 5 heterocycles. The molecule has 6 bridgehead atoms. The summed E-state index contributed by atoms with van der Waals surface area (Å²) in [7, 11) is 1.63. The van der Waals surface area contributed by atoms with E-state index in [1.165, 1.54) is 16.0 Å². The van der Waals surface area contributed by atoms with E-state index in [0.29, 0.717) is 131 Å². The third kappa shape index (κ3) is 14.8. The number of aromatic amines is 1. The first-order valence-electron chi connectivity index (χ1n) is 26.2. The Bertz CT molecular complexity index is 2830. The van der Waals surface area contributed by atoms with Gasteiger partial charge in [-0.05, 0) is 110 Å². The van der Waals surface area contributed by atoms with E-state index in [0.717, 1.165) is 63.2 Å². The molecule has 0 fully saturated rings. The number of carbonyl (C=O) groups excluding carboxylic acids is 2. The number of rotatable bonds is 31. The number of methoxy groups -OCH3 is 1. The third-order valence-electron chi connectivity index (χ3n) is 13.2. The fraction of sp³-hybridized carbons (Fsp3) is 0.474. The zero-order valence-corrected chi connectivity index (χ0v) is 44.1. The van der Waals surface area contributed by atoms with Crippen LogP contribution in [0.4, 0.5) is 0 Å². The summed E-state index contributed by atoms with van der Waals surface area (Å²) in [5, 5.41) is 23.1. The smallest absolute Gasteiger partial charge is 0.261 e. The van der Waals surface area contributed by atoms with Crippen LogP contribution in [0.15, 0.2) is 60.9 Å². The van der Waals surface area contributed by atoms with Crippen LogP contribution in [-0.4, -0.2) is 164 Å². The summed E-state index contributed by atoms with van der Waals surface area (Å²) in [4.78, 5) is 50.6. The lowest BCUT2D eigenvalue weighted by Gasteiger charge is -2.14. The van der Waals surface area contributed by atoms with Gasteiger partial charge in [0.25, 0.3) is 11.8 Å². The number of aliphatic hydroxyl groups is 2. The van der Waals surface area contributed by atoms with E-state index in [9.17, 15) is 19.8 Å². The van der Waals surface area contributed by atoms with Gasteiger partial charge >= 0.3 is 0 Å². The van der Waals surface area contributed by atoms with Gasteiger partial charge in [0, 0.05) is 57.6 Å². The summed E-state index contributed by atoms with van der Waals surface area (Å²) in [5.74, 6) is 0.339. The molecule has 0 saturated carbocycles. The van der Waals surface area contributed by atoms with E-state index in [1.807, 2.05) is 19.1 Å². The van der Waals surface area contributed by atoms with Crippen molar-refractivity contribution in [3.05, 3.63) is 106 Å². The SMILES string of the molecule is CCC1=C(CC)c2cc3[nH]c(cnc4cc(OCCOCCOCCNCCN5C(=O)c6ccccc6C5=O)c(OCCOCCOCCOC)cc4ncc4nc(cc1n2)C(CCCO)=C4C)c(C)c3CCCO. The predicted molar refractivity (Wildman–Crippen MR) is 288 cm³/mol. The number of nitrogens with one attached hydrogen (secondary N) is 2. The molecule has 2 aromatic carbocycles. The third-order valence-corrected chi connectivity index (χ3v) is 13.2. The van der Waals surface area contributed by atoms with Gasteiger partial charge in [-0.25, -0.2) is 9.97 Å². The molecule has 2 aromatic heterocycles. The second-order valence-corrected chi connectivity index (χ2v) is 18.0. The fourth-order valence-corrected chi connectivity index (χ4v) is 9.17. The maximum absolute atomic E-state index is 12.6. The molecular weight excluding hydrogens is 959 g/mol. The van der Waals surface area contributed by atoms with Gasteiger partial charge in [-0.1, -0.05) is 26.0 Å². The molecule has 4 N–H and O–H groups in total. The molecule has 3 aliphatic rings. The zero-order valence-electron chi connectivity index (χ0n) is 44.1. The van der Waals surface area contributed by atoms with Crippen molar-refractivity contribution >= 4 is 56.2 Å². The number of aromatic nitrogens is 5. The number of nitrogens with zero attached hydrogens (tertiary/aromatic N) is 5. The molecule has 18 heteroatoms. The molecule has 75 heavy (non-hydrogen) atoms. The summed E-state index contributed by atoms with van der Waals surface area (Å²) < 4.78 is 40.8. The Morgan fingerprint density at radius 2 is 1.13 bits per heavy atom. The highest BCUT2D eigenvalue weighted by Crippen LogP contribution is 2.38. The monoisotopic (exact) mass is 1030 g/mol. The Morgan fingerprint density at radius 3 is 1.73 bits per heavy atom. The van der Waals surface area contributed by atoms with Crippen molar-refractivity contribution in [1.29, 1.82) is 0 Å². The summed E-state index contributed by atoms with van der Waals surface area (Å²) in [6.45, 7) is 13.7. The summed E-state index contributed by atoms with van der Waals surface area (Å²) >= 11 is 0. The number of fused-ring (bicyclic) bond motifs is 8. The van der Waals surface area contributed by atoms with Crippen LogP contribution in [-0.2, 0) is 30.1 Å². The molecule has 4 aromatic rings. The average Bonchev–Trinajstić information content (AvgIpc) is 4.09. The van der Waals surface area contributed by atoms with Gasteiger partial charge in [-0.15, -0.1) is 0 Å². The lowest BCUT2D eigenvalue weighted by atomic mass is 9.98. The second-order valence-electron chi connectivity index (χ2n) is 18.0. The first-order chi connectivity index (χ1) is 36.7. The zero-order chi connectivity index (χ0) is 52.9. The van der Waals surface area contributed by atoms with E-state index in [1.54, 1.807) is 43.8 Å². The van der Waals surface area contributed by atoms with E-state index >= 15 is 0 Å². The van der Waals surface area contributed by atoms with Crippen molar-refractivity contribution in [2.24, 2.45) is 0 Å². The van der Waals surface area contributed by atoms with E-state index in [2.05, 4.69) is 43.2 Å². The Morgan fingerprint density at radius 1 is 0.600 bits per heavy atom. The molecule has 0 radical (unpaired) electrons. The van der Waals surface area contributed by atoms with E-state index in [-0.39, 0.29) is 51.4 Å². The lowest BCUT2D eigenvalue weighted by Crippen LogP contribution is -2.37. The van der Waals surface area contributed by atoms with Crippen molar-refractivity contribution in [3.63, 3.8) is 0 Å². The molecule has 0 spiro atoms. The highest BCUT2D eigenvalue weighted by Gasteiger charge is 2.34. The Labute approximate surface area is 439 Å². The molecule has 3 aliphatic heterocycles. The summed E-state index contributed by atoms with van der Waals surface area (Å²) in [6, 6.07) is 14.7. The molecule has 0 aliphatic carbocycles. The number of ether oxygens (including phenoxy) is 7. The number of hydrogen-bond acceptors (Lipinski definition) is 16. The maximum atomic E-state index is 12.6. The number of aryl methyl sites for hydroxylation is 2. The Kier molecular flexibility index (Phi) is 22.0. The minimum Gasteiger partial charge on any atom is -0.487 e. The van der Waals surface area contributed by atoms with E-state index in [4.69, 9.17) is 53.1 Å². The van der Waals surface area contributed by atoms with E-state index < -0.39 is 0 Å². The Balaban J connectivity index is 1.12. The summed E-state index contributed by atoms with van der Waals surface area (Å²) in [5.41, 5.74) is 13.4. The van der Waals surface area contributed by atoms with Gasteiger partial charge in [0.1, 0.15) is 13.2 Å². The largest absolute Gasteiger partial charge is 0.487 e. The van der Waals surface area contributed by atoms with Crippen LogP contribution >= 0.6 is 0 Å². The maximum Gasteiger partial charge on any atom is 0.261 e. The van der Waals surface area contributed by atoms with Crippen LogP contribution in [0.5, 0.6) is 11.5 Å². The molecule has 2 amide bonds. The number of allylic oxidation sites excluding steroid dienone is 4. The fourth-order valence-electron chi connectivity index (χ4n) is 9.17. The minimum atomic E-state index is -0.267. The van der Waals surface area contributed by atoms with Gasteiger partial charge in [0.15, 0.2) is 11.5 Å². The topological polar surface area (TPSA) is 222 Å². The van der Waals surface area contributed by atoms with Gasteiger partial charge in [0.05, 0.1) is 122 Å². The van der Waals surface area contributed by atoms with Crippen LogP contribution in [0.25, 0.3) is 44.4 Å². The minimum absolute atomic E-state index is 0.0519. The van der Waals surface area contributed by atoms with Crippen LogP contribution in [0, 0.1) is 6.92 Å². The standard InChI is InChI=1S/C57H73N7O11/c1-6-40-41(7-2)47-33-49-43(15-11-20-66)39(4)53(63-49)37-60-51-35-55(75-31-29-73-27-26-71-23-22-69-5)54(34-50(51)59-36-52-38(3)42(14-10-19-65)48(62-52)32-46(40)61-47)74-30-28-72-25-24-70-21-17-58-16-18-64-56(67)44-12-8-9-13-45(44)57(64)68/h8-9,12-13,32-37,58,62,65-66H,6-7,10-11,14-31H2,1-5H3. The molecular formula is C57H73N7O11. The van der Waals surface area contributed by atoms with Crippen LogP contribution in [0.2, 0.25) is 0 Å². The number of benzene rings is 2. The highest BCUT2D eigenvalue weighted by atomic mass is 16.6. The Hall–Kier alpha value is -6.22. The quantitative estimate of drug-likeness (QED) is 0.0286. The molecule has 0 unspecified atom stereocenters. The molecule has 7 rings (SSSR count).